The fraction of sp³-hybridized carbons (Fsp3) is 0.263. The Kier molecular flexibility index (Phi) is 6.90. The van der Waals surface area contributed by atoms with E-state index in [-0.39, 0.29) is 17.3 Å². The average molecular weight is 396 g/mol. The summed E-state index contributed by atoms with van der Waals surface area (Å²) in [6.45, 7) is 3.44. The Labute approximate surface area is 159 Å². The molecule has 8 heteroatoms. The van der Waals surface area contributed by atoms with Gasteiger partial charge >= 0.3 is 6.18 Å². The smallest absolute Gasteiger partial charge is 0.325 e. The molecule has 0 bridgehead atoms. The van der Waals surface area contributed by atoms with Gasteiger partial charge in [-0.25, -0.2) is 0 Å². The molecular weight excluding hydrogens is 377 g/mol. The molecule has 0 saturated carbocycles. The molecular formula is C19H19F3N2O2S. The van der Waals surface area contributed by atoms with E-state index in [0.717, 1.165) is 23.4 Å². The molecule has 0 aromatic heterocycles. The van der Waals surface area contributed by atoms with E-state index < -0.39 is 22.9 Å². The summed E-state index contributed by atoms with van der Waals surface area (Å²) in [4.78, 5) is 24.2. The van der Waals surface area contributed by atoms with E-state index in [1.54, 1.807) is 6.07 Å². The van der Waals surface area contributed by atoms with Crippen LogP contribution in [0.2, 0.25) is 0 Å². The molecule has 0 aliphatic carbocycles. The van der Waals surface area contributed by atoms with Gasteiger partial charge in [0.05, 0.1) is 22.3 Å². The maximum Gasteiger partial charge on any atom is 0.418 e. The van der Waals surface area contributed by atoms with Gasteiger partial charge < -0.3 is 10.6 Å². The van der Waals surface area contributed by atoms with Crippen molar-refractivity contribution in [3.63, 3.8) is 0 Å². The molecule has 0 spiro atoms. The highest BCUT2D eigenvalue weighted by atomic mass is 32.2. The Morgan fingerprint density at radius 1 is 1.07 bits per heavy atom. The SMILES string of the molecule is Cc1cccc(NC(=O)CSC(C)C(=O)Nc2ccccc2C(F)(F)F)c1. The molecule has 2 N–H and O–H groups in total. The van der Waals surface area contributed by atoms with E-state index in [1.807, 2.05) is 25.1 Å². The number of para-hydroxylation sites is 1. The van der Waals surface area contributed by atoms with Crippen LogP contribution in [0.15, 0.2) is 48.5 Å². The topological polar surface area (TPSA) is 58.2 Å². The van der Waals surface area contributed by atoms with E-state index in [0.29, 0.717) is 5.69 Å². The molecule has 0 aliphatic rings. The molecule has 1 unspecified atom stereocenters. The van der Waals surface area contributed by atoms with Crippen molar-refractivity contribution in [2.24, 2.45) is 0 Å². The first-order valence-electron chi connectivity index (χ1n) is 8.12. The molecule has 0 heterocycles. The number of alkyl halides is 3. The van der Waals surface area contributed by atoms with Crippen molar-refractivity contribution in [1.82, 2.24) is 0 Å². The van der Waals surface area contributed by atoms with Gasteiger partial charge in [0.1, 0.15) is 0 Å². The minimum absolute atomic E-state index is 0.00342. The molecule has 0 aliphatic heterocycles. The van der Waals surface area contributed by atoms with Crippen LogP contribution < -0.4 is 10.6 Å². The van der Waals surface area contributed by atoms with E-state index in [9.17, 15) is 22.8 Å². The van der Waals surface area contributed by atoms with E-state index in [2.05, 4.69) is 10.6 Å². The van der Waals surface area contributed by atoms with Crippen molar-refractivity contribution in [3.05, 3.63) is 59.7 Å². The van der Waals surface area contributed by atoms with Crippen LogP contribution in [-0.2, 0) is 15.8 Å². The van der Waals surface area contributed by atoms with E-state index in [4.69, 9.17) is 0 Å². The van der Waals surface area contributed by atoms with Gasteiger partial charge in [0.25, 0.3) is 0 Å². The van der Waals surface area contributed by atoms with Gasteiger partial charge in [0, 0.05) is 5.69 Å². The van der Waals surface area contributed by atoms with Gasteiger partial charge in [-0.15, -0.1) is 11.8 Å². The molecule has 2 aromatic rings. The fourth-order valence-corrected chi connectivity index (χ4v) is 2.95. The lowest BCUT2D eigenvalue weighted by Crippen LogP contribution is -2.26. The monoisotopic (exact) mass is 396 g/mol. The summed E-state index contributed by atoms with van der Waals surface area (Å²) in [6, 6.07) is 12.0. The van der Waals surface area contributed by atoms with Gasteiger partial charge in [-0.1, -0.05) is 24.3 Å². The van der Waals surface area contributed by atoms with Crippen LogP contribution in [-0.4, -0.2) is 22.8 Å². The second kappa shape index (κ2) is 8.94. The first-order valence-corrected chi connectivity index (χ1v) is 9.17. The number of aryl methyl sites for hydroxylation is 1. The number of amides is 2. The van der Waals surface area contributed by atoms with Crippen molar-refractivity contribution in [3.8, 4) is 0 Å². The molecule has 4 nitrogen and oxygen atoms in total. The van der Waals surface area contributed by atoms with Crippen molar-refractivity contribution in [2.75, 3.05) is 16.4 Å². The summed E-state index contributed by atoms with van der Waals surface area (Å²) in [5.41, 5.74) is 0.438. The highest BCUT2D eigenvalue weighted by Gasteiger charge is 2.33. The quantitative estimate of drug-likeness (QED) is 0.743. The highest BCUT2D eigenvalue weighted by Crippen LogP contribution is 2.34. The van der Waals surface area contributed by atoms with E-state index in [1.165, 1.54) is 25.1 Å². The molecule has 144 valence electrons. The summed E-state index contributed by atoms with van der Waals surface area (Å²) < 4.78 is 38.9. The second-order valence-corrected chi connectivity index (χ2v) is 7.23. The number of halogens is 3. The van der Waals surface area contributed by atoms with E-state index >= 15 is 0 Å². The Hall–Kier alpha value is -2.48. The number of carbonyl (C=O) groups excluding carboxylic acids is 2. The second-order valence-electron chi connectivity index (χ2n) is 5.90. The van der Waals surface area contributed by atoms with Crippen molar-refractivity contribution < 1.29 is 22.8 Å². The zero-order valence-electron chi connectivity index (χ0n) is 14.8. The van der Waals surface area contributed by atoms with Gasteiger partial charge in [-0.3, -0.25) is 9.59 Å². The molecule has 0 radical (unpaired) electrons. The lowest BCUT2D eigenvalue weighted by Gasteiger charge is -2.16. The van der Waals surface area contributed by atoms with Crippen LogP contribution in [0.3, 0.4) is 0 Å². The molecule has 27 heavy (non-hydrogen) atoms. The normalized spacial score (nSPS) is 12.3. The number of benzene rings is 2. The predicted molar refractivity (Wildman–Crippen MR) is 102 cm³/mol. The van der Waals surface area contributed by atoms with Crippen LogP contribution in [0.25, 0.3) is 0 Å². The molecule has 2 rings (SSSR count). The Balaban J connectivity index is 1.90. The summed E-state index contributed by atoms with van der Waals surface area (Å²) in [6.07, 6.45) is -4.56. The minimum atomic E-state index is -4.56. The standard InChI is InChI=1S/C19H19F3N2O2S/c1-12-6-5-7-14(10-12)23-17(25)11-27-13(2)18(26)24-16-9-4-3-8-15(16)19(20,21)22/h3-10,13H,11H2,1-2H3,(H,23,25)(H,24,26). The number of nitrogens with one attached hydrogen (secondary N) is 2. The lowest BCUT2D eigenvalue weighted by atomic mass is 10.1. The minimum Gasteiger partial charge on any atom is -0.325 e. The Morgan fingerprint density at radius 3 is 2.44 bits per heavy atom. The van der Waals surface area contributed by atoms with Gasteiger partial charge in [-0.2, -0.15) is 13.2 Å². The number of hydrogen-bond donors (Lipinski definition) is 2. The summed E-state index contributed by atoms with van der Waals surface area (Å²) in [5.74, 6) is -0.885. The number of anilines is 2. The summed E-state index contributed by atoms with van der Waals surface area (Å²) in [7, 11) is 0. The number of hydrogen-bond acceptors (Lipinski definition) is 3. The Bertz CT molecular complexity index is 825. The first kappa shape index (κ1) is 20.8. The van der Waals surface area contributed by atoms with Crippen LogP contribution in [0.4, 0.5) is 24.5 Å². The zero-order chi connectivity index (χ0) is 20.0. The predicted octanol–water partition coefficient (Wildman–Crippen LogP) is 4.71. The number of carbonyl (C=O) groups is 2. The van der Waals surface area contributed by atoms with Gasteiger partial charge in [0.15, 0.2) is 0 Å². The van der Waals surface area contributed by atoms with Crippen molar-refractivity contribution in [1.29, 1.82) is 0 Å². The highest BCUT2D eigenvalue weighted by molar-refractivity contribution is 8.01. The molecule has 0 saturated heterocycles. The third-order valence-corrected chi connectivity index (χ3v) is 4.77. The first-order chi connectivity index (χ1) is 12.7. The summed E-state index contributed by atoms with van der Waals surface area (Å²) in [5, 5.41) is 4.30. The Morgan fingerprint density at radius 2 is 1.78 bits per heavy atom. The van der Waals surface area contributed by atoms with Gasteiger partial charge in [-0.05, 0) is 43.7 Å². The maximum absolute atomic E-state index is 13.0. The van der Waals surface area contributed by atoms with Crippen molar-refractivity contribution >= 4 is 35.0 Å². The maximum atomic E-state index is 13.0. The van der Waals surface area contributed by atoms with Crippen LogP contribution in [0.1, 0.15) is 18.1 Å². The number of thioether (sulfide) groups is 1. The van der Waals surface area contributed by atoms with Crippen molar-refractivity contribution in [2.45, 2.75) is 25.3 Å². The molecule has 2 aromatic carbocycles. The molecule has 1 atom stereocenters. The fourth-order valence-electron chi connectivity index (χ4n) is 2.27. The number of rotatable bonds is 6. The molecule has 2 amide bonds. The average Bonchev–Trinajstić information content (AvgIpc) is 2.59. The third kappa shape index (κ3) is 6.32. The zero-order valence-corrected chi connectivity index (χ0v) is 15.6. The van der Waals surface area contributed by atoms with Gasteiger partial charge in [0.2, 0.25) is 11.8 Å². The van der Waals surface area contributed by atoms with Crippen LogP contribution in [0.5, 0.6) is 0 Å². The lowest BCUT2D eigenvalue weighted by molar-refractivity contribution is -0.137. The van der Waals surface area contributed by atoms with Crippen LogP contribution >= 0.6 is 11.8 Å². The van der Waals surface area contributed by atoms with Crippen LogP contribution in [0, 0.1) is 6.92 Å². The largest absolute Gasteiger partial charge is 0.418 e. The third-order valence-electron chi connectivity index (χ3n) is 3.63. The summed E-state index contributed by atoms with van der Waals surface area (Å²) >= 11 is 1.04. The molecule has 0 fully saturated rings.